The van der Waals surface area contributed by atoms with Gasteiger partial charge < -0.3 is 14.2 Å². The monoisotopic (exact) mass is 394 g/mol. The summed E-state index contributed by atoms with van der Waals surface area (Å²) >= 11 is 0. The average Bonchev–Trinajstić information content (AvgIpc) is 3.21. The molecule has 0 atom stereocenters. The lowest BCUT2D eigenvalue weighted by Gasteiger charge is -2.04. The van der Waals surface area contributed by atoms with Crippen LogP contribution in [0.2, 0.25) is 0 Å². The molecule has 0 saturated carbocycles. The topological polar surface area (TPSA) is 134 Å². The van der Waals surface area contributed by atoms with E-state index in [2.05, 4.69) is 25.7 Å². The normalized spacial score (nSPS) is 12.2. The van der Waals surface area contributed by atoms with Crippen molar-refractivity contribution in [2.24, 2.45) is 5.10 Å². The van der Waals surface area contributed by atoms with Gasteiger partial charge in [-0.05, 0) is 30.3 Å². The second-order valence-corrected chi connectivity index (χ2v) is 5.79. The third-order valence-corrected chi connectivity index (χ3v) is 4.03. The van der Waals surface area contributed by atoms with Gasteiger partial charge in [0.15, 0.2) is 11.5 Å². The van der Waals surface area contributed by atoms with Gasteiger partial charge in [-0.25, -0.2) is 10.4 Å². The van der Waals surface area contributed by atoms with Gasteiger partial charge in [0.1, 0.15) is 5.75 Å². The van der Waals surface area contributed by atoms with Gasteiger partial charge in [-0.1, -0.05) is 0 Å². The first-order chi connectivity index (χ1) is 14.1. The number of methoxy groups -OCH3 is 1. The summed E-state index contributed by atoms with van der Waals surface area (Å²) in [6, 6.07) is 10.1. The second-order valence-electron chi connectivity index (χ2n) is 5.79. The SMILES string of the molecule is COc1ccc(-c2cnnc(NN=Cc3cc4c(cc3[N+](=O)[O-])OCO4)n2)cc1. The Bertz CT molecular complexity index is 1090. The smallest absolute Gasteiger partial charge is 0.282 e. The van der Waals surface area contributed by atoms with E-state index in [-0.39, 0.29) is 24.0 Å². The fourth-order valence-corrected chi connectivity index (χ4v) is 2.62. The summed E-state index contributed by atoms with van der Waals surface area (Å²) in [7, 11) is 1.59. The number of anilines is 1. The zero-order chi connectivity index (χ0) is 20.2. The summed E-state index contributed by atoms with van der Waals surface area (Å²) in [5, 5.41) is 23.0. The number of ether oxygens (including phenoxy) is 3. The lowest BCUT2D eigenvalue weighted by molar-refractivity contribution is -0.385. The summed E-state index contributed by atoms with van der Waals surface area (Å²) < 4.78 is 15.5. The Labute approximate surface area is 164 Å². The van der Waals surface area contributed by atoms with Crippen LogP contribution in [-0.4, -0.2) is 40.2 Å². The third kappa shape index (κ3) is 3.88. The van der Waals surface area contributed by atoms with Gasteiger partial charge in [-0.2, -0.15) is 10.2 Å². The predicted molar refractivity (Wildman–Crippen MR) is 102 cm³/mol. The van der Waals surface area contributed by atoms with E-state index >= 15 is 0 Å². The minimum absolute atomic E-state index is 0.0169. The largest absolute Gasteiger partial charge is 0.497 e. The van der Waals surface area contributed by atoms with Crippen LogP contribution in [0.25, 0.3) is 11.3 Å². The number of fused-ring (bicyclic) bond motifs is 1. The molecule has 29 heavy (non-hydrogen) atoms. The lowest BCUT2D eigenvalue weighted by atomic mass is 10.1. The van der Waals surface area contributed by atoms with E-state index in [0.717, 1.165) is 11.3 Å². The Balaban J connectivity index is 1.53. The van der Waals surface area contributed by atoms with E-state index in [1.165, 1.54) is 24.5 Å². The minimum Gasteiger partial charge on any atom is -0.497 e. The third-order valence-electron chi connectivity index (χ3n) is 4.03. The maximum Gasteiger partial charge on any atom is 0.282 e. The number of nitro groups is 1. The number of nitrogens with one attached hydrogen (secondary N) is 1. The molecule has 11 heteroatoms. The zero-order valence-electron chi connectivity index (χ0n) is 15.1. The van der Waals surface area contributed by atoms with Gasteiger partial charge in [-0.15, -0.1) is 5.10 Å². The summed E-state index contributed by atoms with van der Waals surface area (Å²) in [5.41, 5.74) is 4.10. The number of rotatable bonds is 6. The van der Waals surface area contributed by atoms with Crippen molar-refractivity contribution in [1.29, 1.82) is 0 Å². The molecule has 0 saturated heterocycles. The molecule has 2 heterocycles. The molecule has 0 radical (unpaired) electrons. The summed E-state index contributed by atoms with van der Waals surface area (Å²) in [4.78, 5) is 15.1. The molecule has 1 N–H and O–H groups in total. The molecule has 0 bridgehead atoms. The van der Waals surface area contributed by atoms with Gasteiger partial charge in [0, 0.05) is 5.56 Å². The fourth-order valence-electron chi connectivity index (χ4n) is 2.62. The highest BCUT2D eigenvalue weighted by molar-refractivity contribution is 5.87. The van der Waals surface area contributed by atoms with E-state index in [9.17, 15) is 10.1 Å². The Kier molecular flexibility index (Phi) is 4.84. The first kappa shape index (κ1) is 18.1. The molecular weight excluding hydrogens is 380 g/mol. The molecule has 0 spiro atoms. The van der Waals surface area contributed by atoms with Gasteiger partial charge >= 0.3 is 0 Å². The van der Waals surface area contributed by atoms with Gasteiger partial charge in [0.25, 0.3) is 11.6 Å². The van der Waals surface area contributed by atoms with E-state index < -0.39 is 4.92 Å². The highest BCUT2D eigenvalue weighted by Crippen LogP contribution is 2.37. The molecule has 1 aliphatic heterocycles. The van der Waals surface area contributed by atoms with Crippen molar-refractivity contribution in [3.8, 4) is 28.5 Å². The van der Waals surface area contributed by atoms with Crippen molar-refractivity contribution < 1.29 is 19.1 Å². The number of nitro benzene ring substituents is 1. The van der Waals surface area contributed by atoms with Crippen LogP contribution in [0.1, 0.15) is 5.56 Å². The predicted octanol–water partition coefficient (Wildman–Crippen LogP) is 2.63. The van der Waals surface area contributed by atoms with E-state index in [1.807, 2.05) is 24.3 Å². The van der Waals surface area contributed by atoms with Crippen LogP contribution in [0.4, 0.5) is 11.6 Å². The van der Waals surface area contributed by atoms with E-state index in [1.54, 1.807) is 7.11 Å². The molecule has 1 aromatic heterocycles. The fraction of sp³-hybridized carbons (Fsp3) is 0.111. The highest BCUT2D eigenvalue weighted by atomic mass is 16.7. The van der Waals surface area contributed by atoms with Gasteiger partial charge in [0.05, 0.1) is 41.8 Å². The summed E-state index contributed by atoms with van der Waals surface area (Å²) in [6.07, 6.45) is 2.79. The van der Waals surface area contributed by atoms with Crippen LogP contribution in [0.3, 0.4) is 0 Å². The summed E-state index contributed by atoms with van der Waals surface area (Å²) in [6.45, 7) is 0.0169. The van der Waals surface area contributed by atoms with Crippen molar-refractivity contribution in [2.75, 3.05) is 19.3 Å². The van der Waals surface area contributed by atoms with Gasteiger partial charge in [0.2, 0.25) is 6.79 Å². The highest BCUT2D eigenvalue weighted by Gasteiger charge is 2.22. The van der Waals surface area contributed by atoms with Crippen LogP contribution in [0.5, 0.6) is 17.2 Å². The molecular formula is C18H14N6O5. The number of aromatic nitrogens is 3. The number of nitrogens with zero attached hydrogens (tertiary/aromatic N) is 5. The Morgan fingerprint density at radius 1 is 1.24 bits per heavy atom. The quantitative estimate of drug-likeness (QED) is 0.380. The number of benzene rings is 2. The zero-order valence-corrected chi connectivity index (χ0v) is 15.1. The lowest BCUT2D eigenvalue weighted by Crippen LogP contribution is -2.01. The van der Waals surface area contributed by atoms with E-state index in [0.29, 0.717) is 17.2 Å². The van der Waals surface area contributed by atoms with Crippen LogP contribution in [-0.2, 0) is 0 Å². The Morgan fingerprint density at radius 3 is 2.72 bits per heavy atom. The second kappa shape index (κ2) is 7.76. The molecule has 0 aliphatic carbocycles. The molecule has 2 aromatic carbocycles. The van der Waals surface area contributed by atoms with Crippen molar-refractivity contribution in [3.63, 3.8) is 0 Å². The molecule has 146 valence electrons. The molecule has 11 nitrogen and oxygen atoms in total. The molecule has 1 aliphatic rings. The van der Waals surface area contributed by atoms with Crippen molar-refractivity contribution in [2.45, 2.75) is 0 Å². The Hall–Kier alpha value is -4.28. The van der Waals surface area contributed by atoms with Crippen molar-refractivity contribution >= 4 is 17.9 Å². The van der Waals surface area contributed by atoms with Crippen LogP contribution in [0, 0.1) is 10.1 Å². The van der Waals surface area contributed by atoms with Crippen LogP contribution < -0.4 is 19.6 Å². The molecule has 4 rings (SSSR count). The van der Waals surface area contributed by atoms with Crippen LogP contribution >= 0.6 is 0 Å². The maximum absolute atomic E-state index is 11.3. The number of hydrogen-bond acceptors (Lipinski definition) is 10. The maximum atomic E-state index is 11.3. The first-order valence-corrected chi connectivity index (χ1v) is 8.35. The van der Waals surface area contributed by atoms with Gasteiger partial charge in [-0.3, -0.25) is 10.1 Å². The number of hydrazone groups is 1. The minimum atomic E-state index is -0.522. The molecule has 0 amide bonds. The van der Waals surface area contributed by atoms with Crippen LogP contribution in [0.15, 0.2) is 47.7 Å². The first-order valence-electron chi connectivity index (χ1n) is 8.35. The Morgan fingerprint density at radius 2 is 2.00 bits per heavy atom. The number of hydrogen-bond donors (Lipinski definition) is 1. The van der Waals surface area contributed by atoms with E-state index in [4.69, 9.17) is 14.2 Å². The summed E-state index contributed by atoms with van der Waals surface area (Å²) in [5.74, 6) is 1.60. The molecule has 0 fully saturated rings. The molecule has 3 aromatic rings. The average molecular weight is 394 g/mol. The van der Waals surface area contributed by atoms with Crippen molar-refractivity contribution in [3.05, 3.63) is 58.3 Å². The standard InChI is InChI=1S/C18H14N6O5/c1-27-13-4-2-11(3-5-13)14-9-20-23-18(21-14)22-19-8-12-6-16-17(29-10-28-16)7-15(12)24(25)26/h2-9H,10H2,1H3,(H,21,22,23). The molecule has 0 unspecified atom stereocenters. The van der Waals surface area contributed by atoms with Crippen molar-refractivity contribution in [1.82, 2.24) is 15.2 Å².